The number of carbonyl (C=O) groups excluding carboxylic acids is 1. The first-order valence-corrected chi connectivity index (χ1v) is 11.2. The van der Waals surface area contributed by atoms with Gasteiger partial charge in [-0.15, -0.1) is 5.10 Å². The number of quaternary nitrogens is 1. The van der Waals surface area contributed by atoms with E-state index in [-0.39, 0.29) is 17.6 Å². The van der Waals surface area contributed by atoms with E-state index < -0.39 is 0 Å². The Morgan fingerprint density at radius 2 is 2.09 bits per heavy atom. The zero-order chi connectivity index (χ0) is 21.9. The fraction of sp³-hybridized carbons (Fsp3) is 0.375. The second-order valence-corrected chi connectivity index (χ2v) is 8.77. The number of benzene rings is 2. The molecule has 0 saturated carbocycles. The summed E-state index contributed by atoms with van der Waals surface area (Å²) in [5.74, 6) is 1.40. The maximum Gasteiger partial charge on any atom is 0.233 e. The van der Waals surface area contributed by atoms with Crippen LogP contribution in [-0.4, -0.2) is 45.1 Å². The smallest absolute Gasteiger partial charge is 0.233 e. The van der Waals surface area contributed by atoms with Gasteiger partial charge >= 0.3 is 0 Å². The van der Waals surface area contributed by atoms with E-state index >= 15 is 0 Å². The van der Waals surface area contributed by atoms with Gasteiger partial charge in [-0.25, -0.2) is 4.68 Å². The highest BCUT2D eigenvalue weighted by atomic mass is 16.5. The van der Waals surface area contributed by atoms with E-state index in [0.29, 0.717) is 24.3 Å². The number of fused-ring (bicyclic) bond motifs is 3. The van der Waals surface area contributed by atoms with Crippen molar-refractivity contribution in [3.8, 4) is 11.5 Å². The van der Waals surface area contributed by atoms with E-state index in [9.17, 15) is 9.90 Å². The number of para-hydroxylation sites is 1. The van der Waals surface area contributed by atoms with E-state index in [1.165, 1.54) is 4.90 Å². The first kappa shape index (κ1) is 20.5. The number of ether oxygens (including phenoxy) is 1. The SMILES string of the molecule is O=C(Nc1cccc(O)c1)[C@H]1C[NH+]2CC[C@@H]1C[C@@H]2Cn1cc(COc2ccccc2)nn1. The number of aromatic nitrogens is 3. The van der Waals surface area contributed by atoms with E-state index in [4.69, 9.17) is 4.74 Å². The first-order chi connectivity index (χ1) is 15.6. The van der Waals surface area contributed by atoms with Crippen LogP contribution in [-0.2, 0) is 17.9 Å². The molecule has 3 saturated heterocycles. The molecule has 32 heavy (non-hydrogen) atoms. The van der Waals surface area contributed by atoms with Gasteiger partial charge in [0.05, 0.1) is 31.7 Å². The molecule has 2 aromatic carbocycles. The van der Waals surface area contributed by atoms with Crippen molar-refractivity contribution in [2.75, 3.05) is 18.4 Å². The molecule has 3 aliphatic heterocycles. The van der Waals surface area contributed by atoms with Crippen LogP contribution >= 0.6 is 0 Å². The van der Waals surface area contributed by atoms with Gasteiger partial charge in [-0.3, -0.25) is 4.79 Å². The Balaban J connectivity index is 1.16. The highest BCUT2D eigenvalue weighted by molar-refractivity contribution is 5.93. The number of phenolic OH excluding ortho intramolecular Hbond substituents is 1. The molecule has 2 bridgehead atoms. The Kier molecular flexibility index (Phi) is 5.77. The lowest BCUT2D eigenvalue weighted by atomic mass is 9.75. The quantitative estimate of drug-likeness (QED) is 0.524. The number of nitrogens with zero attached hydrogens (tertiary/aromatic N) is 3. The number of amides is 1. The van der Waals surface area contributed by atoms with Gasteiger partial charge in [0.25, 0.3) is 0 Å². The average molecular weight is 435 g/mol. The van der Waals surface area contributed by atoms with Crippen molar-refractivity contribution < 1.29 is 19.5 Å². The maximum absolute atomic E-state index is 12.9. The lowest BCUT2D eigenvalue weighted by Crippen LogP contribution is -3.20. The Labute approximate surface area is 186 Å². The molecule has 3 aromatic rings. The normalized spacial score (nSPS) is 24.2. The summed E-state index contributed by atoms with van der Waals surface area (Å²) in [6, 6.07) is 16.8. The molecule has 4 atom stereocenters. The summed E-state index contributed by atoms with van der Waals surface area (Å²) in [6.07, 6.45) is 4.03. The molecule has 0 aliphatic carbocycles. The molecule has 8 nitrogen and oxygen atoms in total. The molecule has 6 rings (SSSR count). The number of hydrogen-bond donors (Lipinski definition) is 3. The van der Waals surface area contributed by atoms with Gasteiger partial charge in [-0.2, -0.15) is 0 Å². The Hall–Kier alpha value is -3.39. The number of aromatic hydroxyl groups is 1. The van der Waals surface area contributed by atoms with Crippen molar-refractivity contribution in [1.29, 1.82) is 0 Å². The van der Waals surface area contributed by atoms with Gasteiger partial charge in [0.2, 0.25) is 5.91 Å². The van der Waals surface area contributed by atoms with E-state index in [1.807, 2.05) is 41.2 Å². The van der Waals surface area contributed by atoms with Crippen LogP contribution in [0.5, 0.6) is 11.5 Å². The minimum Gasteiger partial charge on any atom is -0.508 e. The predicted octanol–water partition coefficient (Wildman–Crippen LogP) is 1.49. The molecule has 8 heteroatoms. The van der Waals surface area contributed by atoms with Gasteiger partial charge < -0.3 is 20.1 Å². The monoisotopic (exact) mass is 434 g/mol. The third kappa shape index (κ3) is 4.60. The standard InChI is InChI=1S/C24H27N5O3/c30-21-6-4-5-18(12-21)25-24(31)23-15-28-10-9-17(23)11-20(28)14-29-13-19(26-27-29)16-32-22-7-2-1-3-8-22/h1-8,12-13,17,20,23,30H,9-11,14-16H2,(H,25,31)/p+1/t17-,20-,23+/m1/s1. The van der Waals surface area contributed by atoms with Crippen LogP contribution in [0.3, 0.4) is 0 Å². The lowest BCUT2D eigenvalue weighted by molar-refractivity contribution is -0.945. The van der Waals surface area contributed by atoms with Gasteiger partial charge in [-0.1, -0.05) is 29.5 Å². The van der Waals surface area contributed by atoms with E-state index in [1.54, 1.807) is 24.3 Å². The summed E-state index contributed by atoms with van der Waals surface area (Å²) < 4.78 is 7.67. The predicted molar refractivity (Wildman–Crippen MR) is 118 cm³/mol. The molecule has 3 fully saturated rings. The summed E-state index contributed by atoms with van der Waals surface area (Å²) in [6.45, 7) is 3.11. The zero-order valence-corrected chi connectivity index (χ0v) is 17.9. The topological polar surface area (TPSA) is 93.7 Å². The summed E-state index contributed by atoms with van der Waals surface area (Å²) in [5.41, 5.74) is 1.45. The second kappa shape index (κ2) is 9.00. The fourth-order valence-electron chi connectivity index (χ4n) is 5.03. The number of anilines is 1. The molecular weight excluding hydrogens is 406 g/mol. The van der Waals surface area contributed by atoms with Crippen LogP contribution < -0.4 is 15.0 Å². The number of carbonyl (C=O) groups is 1. The summed E-state index contributed by atoms with van der Waals surface area (Å²) in [7, 11) is 0. The number of phenols is 1. The van der Waals surface area contributed by atoms with Crippen molar-refractivity contribution in [1.82, 2.24) is 15.0 Å². The van der Waals surface area contributed by atoms with Crippen molar-refractivity contribution in [2.24, 2.45) is 11.8 Å². The van der Waals surface area contributed by atoms with Gasteiger partial charge in [0.1, 0.15) is 29.8 Å². The molecule has 3 N–H and O–H groups in total. The van der Waals surface area contributed by atoms with E-state index in [0.717, 1.165) is 43.9 Å². The molecule has 0 spiro atoms. The van der Waals surface area contributed by atoms with Gasteiger partial charge in [0.15, 0.2) is 0 Å². The van der Waals surface area contributed by atoms with Gasteiger partial charge in [-0.05, 0) is 30.2 Å². The highest BCUT2D eigenvalue weighted by Gasteiger charge is 2.46. The van der Waals surface area contributed by atoms with Crippen molar-refractivity contribution in [2.45, 2.75) is 32.0 Å². The molecule has 1 aromatic heterocycles. The molecule has 4 heterocycles. The summed E-state index contributed by atoms with van der Waals surface area (Å²) in [5, 5.41) is 21.2. The molecule has 3 aliphatic rings. The van der Waals surface area contributed by atoms with Crippen LogP contribution in [0.1, 0.15) is 18.5 Å². The van der Waals surface area contributed by atoms with Crippen molar-refractivity contribution in [3.63, 3.8) is 0 Å². The molecule has 166 valence electrons. The largest absolute Gasteiger partial charge is 0.508 e. The van der Waals surface area contributed by atoms with E-state index in [2.05, 4.69) is 15.6 Å². The van der Waals surface area contributed by atoms with Crippen LogP contribution in [0.4, 0.5) is 5.69 Å². The molecule has 0 radical (unpaired) electrons. The van der Waals surface area contributed by atoms with Crippen molar-refractivity contribution in [3.05, 3.63) is 66.5 Å². The first-order valence-electron chi connectivity index (χ1n) is 11.2. The fourth-order valence-corrected chi connectivity index (χ4v) is 5.03. The van der Waals surface area contributed by atoms with Crippen LogP contribution in [0.15, 0.2) is 60.8 Å². The minimum atomic E-state index is 0.00271. The zero-order valence-electron chi connectivity index (χ0n) is 17.9. The number of hydrogen-bond acceptors (Lipinski definition) is 5. The average Bonchev–Trinajstić information content (AvgIpc) is 3.26. The molecule has 1 amide bonds. The highest BCUT2D eigenvalue weighted by Crippen LogP contribution is 2.29. The minimum absolute atomic E-state index is 0.00271. The second-order valence-electron chi connectivity index (χ2n) is 8.77. The van der Waals surface area contributed by atoms with Crippen LogP contribution in [0, 0.1) is 11.8 Å². The molecular formula is C24H28N5O3+. The Bertz CT molecular complexity index is 1070. The third-order valence-electron chi connectivity index (χ3n) is 6.63. The Morgan fingerprint density at radius 1 is 1.22 bits per heavy atom. The Morgan fingerprint density at radius 3 is 2.88 bits per heavy atom. The van der Waals surface area contributed by atoms with Crippen LogP contribution in [0.25, 0.3) is 0 Å². The third-order valence-corrected chi connectivity index (χ3v) is 6.63. The number of rotatable bonds is 7. The van der Waals surface area contributed by atoms with Crippen LogP contribution in [0.2, 0.25) is 0 Å². The summed E-state index contributed by atoms with van der Waals surface area (Å²) >= 11 is 0. The molecule has 1 unspecified atom stereocenters. The van der Waals surface area contributed by atoms with Crippen molar-refractivity contribution >= 4 is 11.6 Å². The number of nitrogens with one attached hydrogen (secondary N) is 2. The van der Waals surface area contributed by atoms with Gasteiger partial charge in [0, 0.05) is 24.6 Å². The lowest BCUT2D eigenvalue weighted by Gasteiger charge is -2.46. The number of piperidine rings is 3. The maximum atomic E-state index is 12.9. The summed E-state index contributed by atoms with van der Waals surface area (Å²) in [4.78, 5) is 14.3.